The molecule has 0 aromatic heterocycles. The van der Waals surface area contributed by atoms with Crippen LogP contribution in [0.15, 0.2) is 42.5 Å². The van der Waals surface area contributed by atoms with E-state index < -0.39 is 0 Å². The fourth-order valence-corrected chi connectivity index (χ4v) is 2.32. The van der Waals surface area contributed by atoms with Crippen LogP contribution in [0.2, 0.25) is 0 Å². The Hall–Kier alpha value is -1.87. The first-order chi connectivity index (χ1) is 10.0. The largest absolute Gasteiger partial charge is 0.494 e. The van der Waals surface area contributed by atoms with Gasteiger partial charge >= 0.3 is 0 Å². The molecule has 0 bridgehead atoms. The topological polar surface area (TPSA) is 35.2 Å². The summed E-state index contributed by atoms with van der Waals surface area (Å²) in [7, 11) is 1.45. The summed E-state index contributed by atoms with van der Waals surface area (Å²) in [5.74, 6) is 0.385. The minimum atomic E-state index is -0.374. The molecule has 0 spiro atoms. The number of halogens is 1. The van der Waals surface area contributed by atoms with Crippen molar-refractivity contribution in [3.63, 3.8) is 0 Å². The maximum absolute atomic E-state index is 13.7. The van der Waals surface area contributed by atoms with Crippen LogP contribution in [0, 0.1) is 5.82 Å². The third-order valence-corrected chi connectivity index (χ3v) is 3.71. The molecule has 1 atom stereocenters. The van der Waals surface area contributed by atoms with Gasteiger partial charge in [-0.15, -0.1) is 0 Å². The smallest absolute Gasteiger partial charge is 0.165 e. The molecule has 3 heteroatoms. The molecule has 0 aliphatic rings. The molecule has 2 N–H and O–H groups in total. The summed E-state index contributed by atoms with van der Waals surface area (Å²) in [6.07, 6.45) is 0.685. The molecule has 0 radical (unpaired) electrons. The van der Waals surface area contributed by atoms with E-state index in [0.717, 1.165) is 11.1 Å². The highest BCUT2D eigenvalue weighted by molar-refractivity contribution is 5.32. The van der Waals surface area contributed by atoms with E-state index in [9.17, 15) is 4.39 Å². The lowest BCUT2D eigenvalue weighted by Gasteiger charge is -2.14. The van der Waals surface area contributed by atoms with Crippen molar-refractivity contribution in [2.45, 2.75) is 32.2 Å². The van der Waals surface area contributed by atoms with Gasteiger partial charge in [0.2, 0.25) is 0 Å². The second kappa shape index (κ2) is 6.72. The SMILES string of the molecule is COc1ccc(C(N)Cc2ccc(C(C)C)cc2)cc1F. The first kappa shape index (κ1) is 15.5. The summed E-state index contributed by atoms with van der Waals surface area (Å²) in [4.78, 5) is 0. The lowest BCUT2D eigenvalue weighted by atomic mass is 9.96. The fourth-order valence-electron chi connectivity index (χ4n) is 2.32. The van der Waals surface area contributed by atoms with Crippen LogP contribution in [0.3, 0.4) is 0 Å². The molecule has 2 aromatic rings. The Bertz CT molecular complexity index is 593. The molecule has 0 heterocycles. The monoisotopic (exact) mass is 287 g/mol. The van der Waals surface area contributed by atoms with E-state index in [2.05, 4.69) is 38.1 Å². The maximum Gasteiger partial charge on any atom is 0.165 e. The fraction of sp³-hybridized carbons (Fsp3) is 0.333. The van der Waals surface area contributed by atoms with Gasteiger partial charge < -0.3 is 10.5 Å². The predicted molar refractivity (Wildman–Crippen MR) is 84.1 cm³/mol. The molecular weight excluding hydrogens is 265 g/mol. The highest BCUT2D eigenvalue weighted by Gasteiger charge is 2.11. The van der Waals surface area contributed by atoms with Crippen molar-refractivity contribution in [1.82, 2.24) is 0 Å². The number of hydrogen-bond acceptors (Lipinski definition) is 2. The number of benzene rings is 2. The van der Waals surface area contributed by atoms with Crippen LogP contribution in [-0.2, 0) is 6.42 Å². The molecule has 2 aromatic carbocycles. The van der Waals surface area contributed by atoms with Crippen LogP contribution in [0.5, 0.6) is 5.75 Å². The van der Waals surface area contributed by atoms with E-state index in [4.69, 9.17) is 10.5 Å². The minimum Gasteiger partial charge on any atom is -0.494 e. The lowest BCUT2D eigenvalue weighted by Crippen LogP contribution is -2.13. The standard InChI is InChI=1S/C18H22FNO/c1-12(2)14-6-4-13(5-7-14)10-17(20)15-8-9-18(21-3)16(19)11-15/h4-9,11-12,17H,10,20H2,1-3H3. The normalized spacial score (nSPS) is 12.5. The molecule has 0 aliphatic heterocycles. The summed E-state index contributed by atoms with van der Waals surface area (Å²) < 4.78 is 18.6. The third-order valence-electron chi connectivity index (χ3n) is 3.71. The maximum atomic E-state index is 13.7. The number of ether oxygens (including phenoxy) is 1. The van der Waals surface area contributed by atoms with E-state index in [1.165, 1.54) is 18.7 Å². The van der Waals surface area contributed by atoms with Crippen molar-refractivity contribution in [3.05, 3.63) is 65.0 Å². The summed E-state index contributed by atoms with van der Waals surface area (Å²) in [6.45, 7) is 4.34. The Morgan fingerprint density at radius 3 is 2.19 bits per heavy atom. The van der Waals surface area contributed by atoms with Gasteiger partial charge in [-0.1, -0.05) is 44.2 Å². The van der Waals surface area contributed by atoms with E-state index in [1.807, 2.05) is 6.07 Å². The second-order valence-corrected chi connectivity index (χ2v) is 5.60. The van der Waals surface area contributed by atoms with Crippen molar-refractivity contribution in [3.8, 4) is 5.75 Å². The van der Waals surface area contributed by atoms with Crippen LogP contribution in [0.1, 0.15) is 42.5 Å². The average molecular weight is 287 g/mol. The Morgan fingerprint density at radius 2 is 1.67 bits per heavy atom. The van der Waals surface area contributed by atoms with Crippen LogP contribution in [-0.4, -0.2) is 7.11 Å². The zero-order valence-corrected chi connectivity index (χ0v) is 12.8. The summed E-state index contributed by atoms with van der Waals surface area (Å²) in [5.41, 5.74) is 9.42. The highest BCUT2D eigenvalue weighted by Crippen LogP contribution is 2.23. The van der Waals surface area contributed by atoms with Crippen LogP contribution >= 0.6 is 0 Å². The zero-order valence-electron chi connectivity index (χ0n) is 12.8. The van der Waals surface area contributed by atoms with Crippen molar-refractivity contribution < 1.29 is 9.13 Å². The Labute approximate surface area is 125 Å². The summed E-state index contributed by atoms with van der Waals surface area (Å²) >= 11 is 0. The predicted octanol–water partition coefficient (Wildman–Crippen LogP) is 4.20. The van der Waals surface area contributed by atoms with Crippen LogP contribution < -0.4 is 10.5 Å². The number of rotatable bonds is 5. The zero-order chi connectivity index (χ0) is 15.4. The van der Waals surface area contributed by atoms with E-state index in [1.54, 1.807) is 6.07 Å². The van der Waals surface area contributed by atoms with Gasteiger partial charge in [-0.3, -0.25) is 0 Å². The van der Waals surface area contributed by atoms with Crippen molar-refractivity contribution in [2.24, 2.45) is 5.73 Å². The van der Waals surface area contributed by atoms with Gasteiger partial charge in [0.1, 0.15) is 0 Å². The molecule has 2 nitrogen and oxygen atoms in total. The first-order valence-corrected chi connectivity index (χ1v) is 7.19. The molecule has 0 fully saturated rings. The van der Waals surface area contributed by atoms with E-state index in [-0.39, 0.29) is 17.6 Å². The molecule has 1 unspecified atom stereocenters. The first-order valence-electron chi connectivity index (χ1n) is 7.19. The number of hydrogen-bond donors (Lipinski definition) is 1. The molecule has 21 heavy (non-hydrogen) atoms. The molecule has 112 valence electrons. The van der Waals surface area contributed by atoms with Crippen molar-refractivity contribution in [2.75, 3.05) is 7.11 Å². The van der Waals surface area contributed by atoms with Crippen LogP contribution in [0.4, 0.5) is 4.39 Å². The Morgan fingerprint density at radius 1 is 1.05 bits per heavy atom. The lowest BCUT2D eigenvalue weighted by molar-refractivity contribution is 0.386. The molecule has 2 rings (SSSR count). The van der Waals surface area contributed by atoms with Gasteiger partial charge in [0, 0.05) is 6.04 Å². The Balaban J connectivity index is 2.10. The van der Waals surface area contributed by atoms with Gasteiger partial charge in [-0.2, -0.15) is 0 Å². The number of nitrogens with two attached hydrogens (primary N) is 1. The quantitative estimate of drug-likeness (QED) is 0.894. The van der Waals surface area contributed by atoms with Gasteiger partial charge in [0.05, 0.1) is 7.11 Å². The van der Waals surface area contributed by atoms with Gasteiger partial charge in [-0.05, 0) is 41.2 Å². The average Bonchev–Trinajstić information content (AvgIpc) is 2.47. The third kappa shape index (κ3) is 3.82. The van der Waals surface area contributed by atoms with Crippen molar-refractivity contribution in [1.29, 1.82) is 0 Å². The minimum absolute atomic E-state index is 0.227. The molecule has 0 amide bonds. The van der Waals surface area contributed by atoms with E-state index >= 15 is 0 Å². The van der Waals surface area contributed by atoms with Gasteiger partial charge in [0.25, 0.3) is 0 Å². The summed E-state index contributed by atoms with van der Waals surface area (Å²) in [5, 5.41) is 0. The molecular formula is C18H22FNO. The van der Waals surface area contributed by atoms with Gasteiger partial charge in [0.15, 0.2) is 11.6 Å². The van der Waals surface area contributed by atoms with Crippen molar-refractivity contribution >= 4 is 0 Å². The highest BCUT2D eigenvalue weighted by atomic mass is 19.1. The van der Waals surface area contributed by atoms with E-state index in [0.29, 0.717) is 12.3 Å². The molecule has 0 aliphatic carbocycles. The Kier molecular flexibility index (Phi) is 4.97. The number of methoxy groups -OCH3 is 1. The van der Waals surface area contributed by atoms with Crippen LogP contribution in [0.25, 0.3) is 0 Å². The second-order valence-electron chi connectivity index (χ2n) is 5.60. The molecule has 0 saturated carbocycles. The molecule has 0 saturated heterocycles. The van der Waals surface area contributed by atoms with Gasteiger partial charge in [-0.25, -0.2) is 4.39 Å². The summed E-state index contributed by atoms with van der Waals surface area (Å²) in [6, 6.07) is 13.1.